The maximum absolute atomic E-state index is 12.1. The molecule has 0 aliphatic carbocycles. The van der Waals surface area contributed by atoms with Gasteiger partial charge in [-0.25, -0.2) is 0 Å². The number of hydrogen-bond acceptors (Lipinski definition) is 3. The summed E-state index contributed by atoms with van der Waals surface area (Å²) in [6, 6.07) is 10.4. The van der Waals surface area contributed by atoms with Crippen LogP contribution in [0, 0.1) is 11.3 Å². The SMILES string of the molecule is N#C/C(=C/c1ccc(Br)s1)C(=O)Nc1cccc(Cl)c1Cl. The van der Waals surface area contributed by atoms with Crippen LogP contribution in [0.5, 0.6) is 0 Å². The summed E-state index contributed by atoms with van der Waals surface area (Å²) in [5.41, 5.74) is 0.350. The number of anilines is 1. The molecule has 0 atom stereocenters. The van der Waals surface area contributed by atoms with E-state index >= 15 is 0 Å². The van der Waals surface area contributed by atoms with Gasteiger partial charge in [-0.2, -0.15) is 5.26 Å². The average Bonchev–Trinajstić information content (AvgIpc) is 2.86. The Morgan fingerprint density at radius 1 is 1.33 bits per heavy atom. The van der Waals surface area contributed by atoms with Crippen LogP contribution >= 0.6 is 50.5 Å². The quantitative estimate of drug-likeness (QED) is 0.555. The Kier molecular flexibility index (Phi) is 5.43. The molecule has 0 aliphatic heterocycles. The molecule has 0 fully saturated rings. The van der Waals surface area contributed by atoms with Gasteiger partial charge in [0.25, 0.3) is 5.91 Å². The van der Waals surface area contributed by atoms with Crippen molar-refractivity contribution >= 4 is 68.1 Å². The van der Waals surface area contributed by atoms with Gasteiger partial charge >= 0.3 is 0 Å². The monoisotopic (exact) mass is 400 g/mol. The molecule has 7 heteroatoms. The molecule has 0 spiro atoms. The van der Waals surface area contributed by atoms with Crippen LogP contribution in [0.3, 0.4) is 0 Å². The number of thiophene rings is 1. The van der Waals surface area contributed by atoms with Gasteiger partial charge in [0.15, 0.2) is 0 Å². The number of nitrogens with one attached hydrogen (secondary N) is 1. The van der Waals surface area contributed by atoms with Crippen molar-refractivity contribution in [3.8, 4) is 6.07 Å². The maximum Gasteiger partial charge on any atom is 0.266 e. The lowest BCUT2D eigenvalue weighted by molar-refractivity contribution is -0.112. The zero-order chi connectivity index (χ0) is 15.4. The molecule has 1 amide bonds. The Morgan fingerprint density at radius 3 is 2.71 bits per heavy atom. The summed E-state index contributed by atoms with van der Waals surface area (Å²) in [7, 11) is 0. The number of halogens is 3. The second kappa shape index (κ2) is 7.10. The van der Waals surface area contributed by atoms with Crippen LogP contribution in [-0.2, 0) is 4.79 Å². The first-order valence-corrected chi connectivity index (χ1v) is 8.00. The van der Waals surface area contributed by atoms with Crippen molar-refractivity contribution in [3.63, 3.8) is 0 Å². The molecule has 0 unspecified atom stereocenters. The predicted octanol–water partition coefficient (Wildman–Crippen LogP) is 5.36. The van der Waals surface area contributed by atoms with Crippen molar-refractivity contribution in [1.82, 2.24) is 0 Å². The van der Waals surface area contributed by atoms with Crippen molar-refractivity contribution in [3.05, 3.63) is 54.6 Å². The summed E-state index contributed by atoms with van der Waals surface area (Å²) in [6.07, 6.45) is 1.52. The first-order valence-electron chi connectivity index (χ1n) is 5.63. The van der Waals surface area contributed by atoms with Gasteiger partial charge in [-0.05, 0) is 46.3 Å². The fraction of sp³-hybridized carbons (Fsp3) is 0. The molecule has 1 aromatic carbocycles. The van der Waals surface area contributed by atoms with E-state index in [1.54, 1.807) is 18.2 Å². The molecular weight excluding hydrogens is 395 g/mol. The van der Waals surface area contributed by atoms with Gasteiger partial charge in [-0.3, -0.25) is 4.79 Å². The van der Waals surface area contributed by atoms with Gasteiger partial charge in [-0.15, -0.1) is 11.3 Å². The van der Waals surface area contributed by atoms with Gasteiger partial charge in [0.05, 0.1) is 19.5 Å². The van der Waals surface area contributed by atoms with Crippen LogP contribution in [0.4, 0.5) is 5.69 Å². The highest BCUT2D eigenvalue weighted by molar-refractivity contribution is 9.11. The van der Waals surface area contributed by atoms with E-state index < -0.39 is 5.91 Å². The number of amides is 1. The summed E-state index contributed by atoms with van der Waals surface area (Å²) in [5, 5.41) is 12.3. The van der Waals surface area contributed by atoms with Crippen molar-refractivity contribution in [2.45, 2.75) is 0 Å². The van der Waals surface area contributed by atoms with E-state index in [2.05, 4.69) is 21.2 Å². The molecule has 3 nitrogen and oxygen atoms in total. The van der Waals surface area contributed by atoms with Crippen LogP contribution in [0.2, 0.25) is 10.0 Å². The summed E-state index contributed by atoms with van der Waals surface area (Å²) in [5.74, 6) is -0.536. The largest absolute Gasteiger partial charge is 0.320 e. The van der Waals surface area contributed by atoms with Crippen molar-refractivity contribution in [1.29, 1.82) is 5.26 Å². The third kappa shape index (κ3) is 4.08. The molecule has 21 heavy (non-hydrogen) atoms. The van der Waals surface area contributed by atoms with E-state index in [0.717, 1.165) is 8.66 Å². The van der Waals surface area contributed by atoms with Crippen molar-refractivity contribution in [2.75, 3.05) is 5.32 Å². The molecule has 106 valence electrons. The van der Waals surface area contributed by atoms with E-state index in [4.69, 9.17) is 28.5 Å². The Labute approximate surface area is 143 Å². The van der Waals surface area contributed by atoms with Gasteiger partial charge in [0.2, 0.25) is 0 Å². The number of nitriles is 1. The van der Waals surface area contributed by atoms with Crippen LogP contribution in [-0.4, -0.2) is 5.91 Å². The predicted molar refractivity (Wildman–Crippen MR) is 90.7 cm³/mol. The topological polar surface area (TPSA) is 52.9 Å². The Balaban J connectivity index is 2.24. The van der Waals surface area contributed by atoms with Gasteiger partial charge in [-0.1, -0.05) is 29.3 Å². The summed E-state index contributed by atoms with van der Waals surface area (Å²) < 4.78 is 0.921. The van der Waals surface area contributed by atoms with E-state index in [0.29, 0.717) is 10.7 Å². The van der Waals surface area contributed by atoms with Crippen LogP contribution < -0.4 is 5.32 Å². The summed E-state index contributed by atoms with van der Waals surface area (Å²) in [4.78, 5) is 12.9. The molecule has 0 aliphatic rings. The molecular formula is C14H7BrCl2N2OS. The lowest BCUT2D eigenvalue weighted by atomic mass is 10.2. The molecule has 2 rings (SSSR count). The van der Waals surface area contributed by atoms with Crippen LogP contribution in [0.25, 0.3) is 6.08 Å². The minimum absolute atomic E-state index is 0.0135. The third-order valence-corrected chi connectivity index (χ3v) is 4.84. The molecule has 0 saturated carbocycles. The Bertz CT molecular complexity index is 765. The molecule has 1 heterocycles. The molecule has 2 aromatic rings. The second-order valence-corrected chi connectivity index (χ2v) is 7.15. The van der Waals surface area contributed by atoms with Crippen molar-refractivity contribution in [2.24, 2.45) is 0 Å². The maximum atomic E-state index is 12.1. The molecule has 1 aromatic heterocycles. The highest BCUT2D eigenvalue weighted by Gasteiger charge is 2.13. The highest BCUT2D eigenvalue weighted by Crippen LogP contribution is 2.30. The first-order chi connectivity index (χ1) is 10.0. The van der Waals surface area contributed by atoms with Crippen LogP contribution in [0.1, 0.15) is 4.88 Å². The number of carbonyl (C=O) groups is 1. The number of hydrogen-bond donors (Lipinski definition) is 1. The van der Waals surface area contributed by atoms with Crippen LogP contribution in [0.15, 0.2) is 39.7 Å². The molecule has 1 N–H and O–H groups in total. The van der Waals surface area contributed by atoms with E-state index in [9.17, 15) is 4.79 Å². The number of rotatable bonds is 3. The number of nitrogens with zero attached hydrogens (tertiary/aromatic N) is 1. The number of carbonyl (C=O) groups excluding carboxylic acids is 1. The second-order valence-electron chi connectivity index (χ2n) is 3.87. The molecule has 0 bridgehead atoms. The zero-order valence-corrected chi connectivity index (χ0v) is 14.3. The first kappa shape index (κ1) is 16.1. The van der Waals surface area contributed by atoms with Gasteiger partial charge in [0, 0.05) is 4.88 Å². The molecule has 0 saturated heterocycles. The van der Waals surface area contributed by atoms with Gasteiger partial charge in [0.1, 0.15) is 11.6 Å². The van der Waals surface area contributed by atoms with E-state index in [1.165, 1.54) is 17.4 Å². The lowest BCUT2D eigenvalue weighted by Crippen LogP contribution is -2.13. The van der Waals surface area contributed by atoms with E-state index in [-0.39, 0.29) is 10.6 Å². The van der Waals surface area contributed by atoms with Crippen molar-refractivity contribution < 1.29 is 4.79 Å². The number of benzene rings is 1. The average molecular weight is 402 g/mol. The zero-order valence-electron chi connectivity index (χ0n) is 10.4. The lowest BCUT2D eigenvalue weighted by Gasteiger charge is -2.07. The third-order valence-electron chi connectivity index (χ3n) is 2.45. The normalized spacial score (nSPS) is 11.0. The smallest absolute Gasteiger partial charge is 0.266 e. The molecule has 0 radical (unpaired) electrons. The Morgan fingerprint density at radius 2 is 2.10 bits per heavy atom. The fourth-order valence-corrected chi connectivity index (χ4v) is 3.20. The summed E-state index contributed by atoms with van der Waals surface area (Å²) in [6.45, 7) is 0. The summed E-state index contributed by atoms with van der Waals surface area (Å²) >= 11 is 16.6. The Hall–Kier alpha value is -1.32. The highest BCUT2D eigenvalue weighted by atomic mass is 79.9. The fourth-order valence-electron chi connectivity index (χ4n) is 1.49. The minimum atomic E-state index is -0.536. The van der Waals surface area contributed by atoms with Gasteiger partial charge < -0.3 is 5.32 Å². The minimum Gasteiger partial charge on any atom is -0.320 e. The van der Waals surface area contributed by atoms with E-state index in [1.807, 2.05) is 18.2 Å². The standard InChI is InChI=1S/C14H7BrCl2N2OS/c15-12-5-4-9(21-12)6-8(7-18)14(20)19-11-3-1-2-10(16)13(11)17/h1-6H,(H,19,20)/b8-6-.